The smallest absolute Gasteiger partial charge is 0.172 e. The molecule has 0 aliphatic carbocycles. The summed E-state index contributed by atoms with van der Waals surface area (Å²) >= 11 is 0. The van der Waals surface area contributed by atoms with Crippen molar-refractivity contribution in [2.75, 3.05) is 12.3 Å². The number of aromatic nitrogens is 1. The molecule has 0 saturated carbocycles. The van der Waals surface area contributed by atoms with Crippen molar-refractivity contribution in [2.24, 2.45) is 5.92 Å². The number of ether oxygens (including phenoxy) is 2. The molecule has 0 spiro atoms. The lowest BCUT2D eigenvalue weighted by atomic mass is 9.89. The van der Waals surface area contributed by atoms with Gasteiger partial charge in [-0.1, -0.05) is 12.1 Å². The van der Waals surface area contributed by atoms with E-state index in [-0.39, 0.29) is 18.5 Å². The largest absolute Gasteiger partial charge is 0.398 e. The highest BCUT2D eigenvalue weighted by molar-refractivity contribution is 5.94. The van der Waals surface area contributed by atoms with Gasteiger partial charge in [-0.05, 0) is 36.3 Å². The second-order valence-electron chi connectivity index (χ2n) is 6.18. The van der Waals surface area contributed by atoms with E-state index in [1.165, 1.54) is 0 Å². The number of allylic oxidation sites excluding steroid dienone is 1. The van der Waals surface area contributed by atoms with Crippen LogP contribution in [0.15, 0.2) is 48.4 Å². The Morgan fingerprint density at radius 1 is 1.28 bits per heavy atom. The third kappa shape index (κ3) is 2.79. The quantitative estimate of drug-likeness (QED) is 0.657. The van der Waals surface area contributed by atoms with Gasteiger partial charge < -0.3 is 20.5 Å². The van der Waals surface area contributed by atoms with Gasteiger partial charge in [-0.15, -0.1) is 0 Å². The van der Waals surface area contributed by atoms with Crippen LogP contribution < -0.4 is 11.1 Å². The Morgan fingerprint density at radius 2 is 2.12 bits per heavy atom. The second kappa shape index (κ2) is 6.31. The normalized spacial score (nSPS) is 25.4. The number of carbonyl (C=O) groups is 1. The van der Waals surface area contributed by atoms with Gasteiger partial charge in [0.1, 0.15) is 0 Å². The molecular weight excluding hydrogens is 318 g/mol. The number of carbonyl (C=O) groups excluding carboxylic acids is 1. The molecule has 1 fully saturated rings. The number of hydrogen-bond acceptors (Lipinski definition) is 6. The van der Waals surface area contributed by atoms with Crippen LogP contribution in [0.2, 0.25) is 0 Å². The molecule has 3 heterocycles. The molecule has 6 nitrogen and oxygen atoms in total. The Kier molecular flexibility index (Phi) is 3.99. The summed E-state index contributed by atoms with van der Waals surface area (Å²) in [6.07, 6.45) is 3.78. The van der Waals surface area contributed by atoms with E-state index in [1.807, 2.05) is 37.3 Å². The molecule has 3 N–H and O–H groups in total. The molecule has 1 saturated heterocycles. The number of nitrogens with zero attached hydrogens (tertiary/aromatic N) is 1. The van der Waals surface area contributed by atoms with Crippen molar-refractivity contribution in [1.82, 2.24) is 10.3 Å². The lowest BCUT2D eigenvalue weighted by molar-refractivity contribution is -0.385. The first kappa shape index (κ1) is 15.8. The SMILES string of the molecule is CC1OC(C2CNC(C=O)=C2c2cc(-c3cccnc3)ccc2N)O1. The van der Waals surface area contributed by atoms with Crippen molar-refractivity contribution in [3.05, 3.63) is 54.0 Å². The van der Waals surface area contributed by atoms with E-state index in [9.17, 15) is 4.79 Å². The van der Waals surface area contributed by atoms with Crippen molar-refractivity contribution in [1.29, 1.82) is 0 Å². The summed E-state index contributed by atoms with van der Waals surface area (Å²) in [5, 5.41) is 3.14. The zero-order valence-corrected chi connectivity index (χ0v) is 13.8. The zero-order chi connectivity index (χ0) is 17.4. The molecule has 1 unspecified atom stereocenters. The fourth-order valence-electron chi connectivity index (χ4n) is 3.38. The Bertz CT molecular complexity index is 829. The molecule has 6 heteroatoms. The van der Waals surface area contributed by atoms with E-state index < -0.39 is 0 Å². The highest BCUT2D eigenvalue weighted by atomic mass is 16.9. The van der Waals surface area contributed by atoms with Crippen LogP contribution in [0.25, 0.3) is 16.7 Å². The zero-order valence-electron chi connectivity index (χ0n) is 13.8. The van der Waals surface area contributed by atoms with Crippen molar-refractivity contribution in [2.45, 2.75) is 19.5 Å². The van der Waals surface area contributed by atoms with Crippen molar-refractivity contribution >= 4 is 17.5 Å². The number of anilines is 1. The van der Waals surface area contributed by atoms with Gasteiger partial charge in [-0.3, -0.25) is 9.78 Å². The van der Waals surface area contributed by atoms with Gasteiger partial charge in [0.15, 0.2) is 18.9 Å². The maximum Gasteiger partial charge on any atom is 0.172 e. The average Bonchev–Trinajstić information content (AvgIpc) is 3.03. The first-order valence-corrected chi connectivity index (χ1v) is 8.22. The maximum absolute atomic E-state index is 11.5. The molecular formula is C19H19N3O3. The Hall–Kier alpha value is -2.70. The minimum Gasteiger partial charge on any atom is -0.398 e. The van der Waals surface area contributed by atoms with Crippen LogP contribution in [0.5, 0.6) is 0 Å². The monoisotopic (exact) mass is 337 g/mol. The third-order valence-corrected chi connectivity index (χ3v) is 4.61. The molecule has 1 atom stereocenters. The third-order valence-electron chi connectivity index (χ3n) is 4.61. The lowest BCUT2D eigenvalue weighted by Crippen LogP contribution is -2.45. The van der Waals surface area contributed by atoms with Gasteiger partial charge in [0, 0.05) is 35.8 Å². The van der Waals surface area contributed by atoms with Crippen LogP contribution in [0.4, 0.5) is 5.69 Å². The van der Waals surface area contributed by atoms with Crippen LogP contribution >= 0.6 is 0 Å². The highest BCUT2D eigenvalue weighted by Crippen LogP contribution is 2.40. The molecule has 0 bridgehead atoms. The van der Waals surface area contributed by atoms with Crippen LogP contribution in [0.1, 0.15) is 12.5 Å². The van der Waals surface area contributed by atoms with E-state index in [0.717, 1.165) is 28.5 Å². The summed E-state index contributed by atoms with van der Waals surface area (Å²) in [6.45, 7) is 2.43. The van der Waals surface area contributed by atoms with E-state index >= 15 is 0 Å². The number of nitrogens with one attached hydrogen (secondary N) is 1. The van der Waals surface area contributed by atoms with E-state index in [2.05, 4.69) is 10.3 Å². The van der Waals surface area contributed by atoms with E-state index in [0.29, 0.717) is 17.9 Å². The molecule has 25 heavy (non-hydrogen) atoms. The molecule has 0 amide bonds. The van der Waals surface area contributed by atoms with Crippen molar-refractivity contribution in [3.63, 3.8) is 0 Å². The number of pyridine rings is 1. The summed E-state index contributed by atoms with van der Waals surface area (Å²) < 4.78 is 11.3. The summed E-state index contributed by atoms with van der Waals surface area (Å²) in [6, 6.07) is 9.67. The van der Waals surface area contributed by atoms with Crippen LogP contribution in [-0.4, -0.2) is 30.4 Å². The number of nitrogens with two attached hydrogens (primary N) is 1. The standard InChI is InChI=1S/C19H19N3O3/c1-11-24-19(25-11)15-9-22-17(10-23)18(15)14-7-12(4-5-16(14)20)13-3-2-6-21-8-13/h2-8,10-11,15,19,22H,9,20H2,1H3. The topological polar surface area (TPSA) is 86.5 Å². The molecule has 0 radical (unpaired) electrons. The van der Waals surface area contributed by atoms with Gasteiger partial charge in [-0.25, -0.2) is 0 Å². The minimum atomic E-state index is -0.364. The Morgan fingerprint density at radius 3 is 2.80 bits per heavy atom. The van der Waals surface area contributed by atoms with Crippen molar-refractivity contribution in [3.8, 4) is 11.1 Å². The summed E-state index contributed by atoms with van der Waals surface area (Å²) in [5.41, 5.74) is 11.0. The van der Waals surface area contributed by atoms with Crippen LogP contribution in [0, 0.1) is 5.92 Å². The molecule has 4 rings (SSSR count). The predicted molar refractivity (Wildman–Crippen MR) is 94.0 cm³/mol. The molecule has 2 aliphatic heterocycles. The van der Waals surface area contributed by atoms with E-state index in [1.54, 1.807) is 12.4 Å². The molecule has 128 valence electrons. The number of rotatable bonds is 4. The first-order valence-electron chi connectivity index (χ1n) is 8.22. The first-order chi connectivity index (χ1) is 12.2. The molecule has 1 aromatic heterocycles. The summed E-state index contributed by atoms with van der Waals surface area (Å²) in [5.74, 6) is -0.0807. The van der Waals surface area contributed by atoms with Crippen molar-refractivity contribution < 1.29 is 14.3 Å². The summed E-state index contributed by atoms with van der Waals surface area (Å²) in [4.78, 5) is 15.7. The van der Waals surface area contributed by atoms with E-state index in [4.69, 9.17) is 15.2 Å². The van der Waals surface area contributed by atoms with Gasteiger partial charge in [0.2, 0.25) is 0 Å². The van der Waals surface area contributed by atoms with Gasteiger partial charge in [0.05, 0.1) is 11.6 Å². The Labute approximate surface area is 145 Å². The van der Waals surface area contributed by atoms with Gasteiger partial charge in [-0.2, -0.15) is 0 Å². The minimum absolute atomic E-state index is 0.0807. The molecule has 1 aromatic carbocycles. The van der Waals surface area contributed by atoms with Gasteiger partial charge in [0.25, 0.3) is 0 Å². The Balaban J connectivity index is 1.77. The highest BCUT2D eigenvalue weighted by Gasteiger charge is 2.41. The molecule has 2 aliphatic rings. The maximum atomic E-state index is 11.5. The van der Waals surface area contributed by atoms with Gasteiger partial charge >= 0.3 is 0 Å². The number of nitrogen functional groups attached to an aromatic ring is 1. The second-order valence-corrected chi connectivity index (χ2v) is 6.18. The van der Waals surface area contributed by atoms with Crippen LogP contribution in [-0.2, 0) is 14.3 Å². The predicted octanol–water partition coefficient (Wildman–Crippen LogP) is 2.18. The summed E-state index contributed by atoms with van der Waals surface area (Å²) in [7, 11) is 0. The fourth-order valence-corrected chi connectivity index (χ4v) is 3.38. The lowest BCUT2D eigenvalue weighted by Gasteiger charge is -2.38. The van der Waals surface area contributed by atoms with Crippen LogP contribution in [0.3, 0.4) is 0 Å². The average molecular weight is 337 g/mol. The number of hydrogen-bond donors (Lipinski definition) is 2. The number of benzene rings is 1. The molecule has 2 aromatic rings. The number of aldehydes is 1. The fraction of sp³-hybridized carbons (Fsp3) is 0.263.